The fourth-order valence-electron chi connectivity index (χ4n) is 3.78. The lowest BCUT2D eigenvalue weighted by molar-refractivity contribution is -0.118. The number of Topliss-reactive ketones (excluding diaryl/α,β-unsaturated/α-hetero) is 1. The Hall–Kier alpha value is -3.74. The predicted octanol–water partition coefficient (Wildman–Crippen LogP) is 4.06. The van der Waals surface area contributed by atoms with E-state index in [2.05, 4.69) is 20.4 Å². The largest absolute Gasteiger partial charge is 0.340 e. The topological polar surface area (TPSA) is 92.7 Å². The molecule has 0 aliphatic rings. The molecule has 0 bridgehead atoms. The van der Waals surface area contributed by atoms with Crippen molar-refractivity contribution in [1.82, 2.24) is 25.1 Å². The third-order valence-electron chi connectivity index (χ3n) is 5.38. The van der Waals surface area contributed by atoms with Crippen LogP contribution in [0.2, 0.25) is 0 Å². The molecule has 2 N–H and O–H groups in total. The zero-order chi connectivity index (χ0) is 22.1. The first kappa shape index (κ1) is 20.5. The second-order valence-electron chi connectivity index (χ2n) is 7.96. The van der Waals surface area contributed by atoms with Crippen molar-refractivity contribution in [3.63, 3.8) is 0 Å². The van der Waals surface area contributed by atoms with Crippen LogP contribution in [0.15, 0.2) is 54.6 Å². The number of aromatic nitrogens is 4. The molecular formula is C24H25N5O2. The second kappa shape index (κ2) is 8.18. The van der Waals surface area contributed by atoms with E-state index < -0.39 is 17.7 Å². The van der Waals surface area contributed by atoms with Gasteiger partial charge in [0.1, 0.15) is 5.82 Å². The number of H-pyrrole nitrogens is 1. The lowest BCUT2D eigenvalue weighted by atomic mass is 10.0. The van der Waals surface area contributed by atoms with E-state index in [9.17, 15) is 9.59 Å². The van der Waals surface area contributed by atoms with E-state index in [1.807, 2.05) is 68.4 Å². The Balaban J connectivity index is 1.61. The van der Waals surface area contributed by atoms with Crippen LogP contribution in [-0.4, -0.2) is 31.4 Å². The van der Waals surface area contributed by atoms with E-state index in [4.69, 9.17) is 0 Å². The minimum Gasteiger partial charge on any atom is -0.340 e. The van der Waals surface area contributed by atoms with Crippen LogP contribution in [-0.2, 0) is 4.79 Å². The van der Waals surface area contributed by atoms with Crippen molar-refractivity contribution in [2.75, 3.05) is 0 Å². The van der Waals surface area contributed by atoms with Gasteiger partial charge in [0.05, 0.1) is 39.7 Å². The maximum absolute atomic E-state index is 13.1. The molecule has 0 saturated heterocycles. The van der Waals surface area contributed by atoms with Gasteiger partial charge in [0.25, 0.3) is 11.7 Å². The Bertz CT molecular complexity index is 1220. The van der Waals surface area contributed by atoms with Gasteiger partial charge in [0.2, 0.25) is 0 Å². The number of fused-ring (bicyclic) bond motifs is 1. The molecule has 2 aromatic heterocycles. The van der Waals surface area contributed by atoms with E-state index in [-0.39, 0.29) is 5.92 Å². The molecule has 0 unspecified atom stereocenters. The first-order valence-corrected chi connectivity index (χ1v) is 10.3. The van der Waals surface area contributed by atoms with Crippen LogP contribution in [0.25, 0.3) is 16.7 Å². The third kappa shape index (κ3) is 3.86. The van der Waals surface area contributed by atoms with Crippen LogP contribution in [0.3, 0.4) is 0 Å². The molecule has 4 aromatic rings. The van der Waals surface area contributed by atoms with E-state index in [1.165, 1.54) is 0 Å². The number of ketones is 1. The fraction of sp³-hybridized carbons (Fsp3) is 0.250. The fourth-order valence-corrected chi connectivity index (χ4v) is 3.78. The highest BCUT2D eigenvalue weighted by Crippen LogP contribution is 2.23. The number of nitrogens with zero attached hydrogens (tertiary/aromatic N) is 3. The molecule has 0 fully saturated rings. The molecule has 2 aromatic carbocycles. The highest BCUT2D eigenvalue weighted by atomic mass is 16.2. The SMILES string of the molecule is Cc1nn(-c2ccccc2)c(C)c1C(=O)C(=O)N[C@@H](c1nc2ccccc2[nH]1)C(C)C. The van der Waals surface area contributed by atoms with Crippen molar-refractivity contribution in [1.29, 1.82) is 0 Å². The van der Waals surface area contributed by atoms with Gasteiger partial charge in [-0.25, -0.2) is 9.67 Å². The summed E-state index contributed by atoms with van der Waals surface area (Å²) in [6.07, 6.45) is 0. The van der Waals surface area contributed by atoms with Crippen molar-refractivity contribution < 1.29 is 9.59 Å². The molecule has 1 atom stereocenters. The zero-order valence-corrected chi connectivity index (χ0v) is 18.0. The van der Waals surface area contributed by atoms with E-state index in [0.29, 0.717) is 22.8 Å². The number of amides is 1. The van der Waals surface area contributed by atoms with Crippen LogP contribution >= 0.6 is 0 Å². The van der Waals surface area contributed by atoms with Crippen molar-refractivity contribution in [3.05, 3.63) is 77.4 Å². The lowest BCUT2D eigenvalue weighted by Crippen LogP contribution is -2.37. The average molecular weight is 415 g/mol. The van der Waals surface area contributed by atoms with Crippen LogP contribution in [0, 0.1) is 19.8 Å². The number of hydrogen-bond acceptors (Lipinski definition) is 4. The van der Waals surface area contributed by atoms with Crippen LogP contribution in [0.5, 0.6) is 0 Å². The number of aryl methyl sites for hydroxylation is 1. The number of aromatic amines is 1. The maximum Gasteiger partial charge on any atom is 0.293 e. The molecule has 31 heavy (non-hydrogen) atoms. The minimum absolute atomic E-state index is 0.0338. The summed E-state index contributed by atoms with van der Waals surface area (Å²) in [5, 5.41) is 7.36. The summed E-state index contributed by atoms with van der Waals surface area (Å²) in [5.41, 5.74) is 4.03. The van der Waals surface area contributed by atoms with Gasteiger partial charge in [-0.2, -0.15) is 5.10 Å². The lowest BCUT2D eigenvalue weighted by Gasteiger charge is -2.20. The number of nitrogens with one attached hydrogen (secondary N) is 2. The molecule has 2 heterocycles. The molecule has 0 spiro atoms. The Morgan fingerprint density at radius 2 is 1.68 bits per heavy atom. The summed E-state index contributed by atoms with van der Waals surface area (Å²) in [4.78, 5) is 33.9. The summed E-state index contributed by atoms with van der Waals surface area (Å²) in [5.74, 6) is -0.603. The number of rotatable bonds is 6. The zero-order valence-electron chi connectivity index (χ0n) is 18.0. The van der Waals surface area contributed by atoms with E-state index in [0.717, 1.165) is 16.7 Å². The number of hydrogen-bond donors (Lipinski definition) is 2. The minimum atomic E-state index is -0.669. The van der Waals surface area contributed by atoms with Crippen molar-refractivity contribution >= 4 is 22.7 Å². The van der Waals surface area contributed by atoms with Gasteiger partial charge in [-0.1, -0.05) is 44.2 Å². The van der Waals surface area contributed by atoms with Gasteiger partial charge in [0, 0.05) is 0 Å². The molecule has 4 rings (SSSR count). The van der Waals surface area contributed by atoms with Crippen LogP contribution in [0.4, 0.5) is 0 Å². The van der Waals surface area contributed by atoms with E-state index >= 15 is 0 Å². The summed E-state index contributed by atoms with van der Waals surface area (Å²) in [6, 6.07) is 16.8. The summed E-state index contributed by atoms with van der Waals surface area (Å²) >= 11 is 0. The molecule has 1 amide bonds. The van der Waals surface area contributed by atoms with Gasteiger partial charge >= 0.3 is 0 Å². The Kier molecular flexibility index (Phi) is 5.42. The molecule has 0 aliphatic heterocycles. The normalized spacial score (nSPS) is 12.3. The van der Waals surface area contributed by atoms with E-state index in [1.54, 1.807) is 18.5 Å². The molecule has 0 saturated carbocycles. The molecule has 0 aliphatic carbocycles. The molecule has 0 radical (unpaired) electrons. The number of carbonyl (C=O) groups excluding carboxylic acids is 2. The second-order valence-corrected chi connectivity index (χ2v) is 7.96. The Labute approximate surface area is 180 Å². The molecule has 158 valence electrons. The average Bonchev–Trinajstić information content (AvgIpc) is 3.32. The smallest absolute Gasteiger partial charge is 0.293 e. The van der Waals surface area contributed by atoms with Gasteiger partial charge < -0.3 is 10.3 Å². The quantitative estimate of drug-likeness (QED) is 0.367. The number of benzene rings is 2. The Morgan fingerprint density at radius 1 is 1.00 bits per heavy atom. The van der Waals surface area contributed by atoms with Gasteiger partial charge in [-0.05, 0) is 44.0 Å². The standard InChI is InChI=1S/C24H25N5O2/c1-14(2)21(23-25-18-12-8-9-13-19(18)26-23)27-24(31)22(30)20-15(3)28-29(16(20)4)17-10-6-5-7-11-17/h5-14,21H,1-4H3,(H,25,26)(H,27,31)/t21-/m1/s1. The number of para-hydroxylation sites is 3. The highest BCUT2D eigenvalue weighted by Gasteiger charge is 2.29. The number of carbonyl (C=O) groups is 2. The van der Waals surface area contributed by atoms with Gasteiger partial charge in [-0.15, -0.1) is 0 Å². The Morgan fingerprint density at radius 3 is 2.35 bits per heavy atom. The van der Waals surface area contributed by atoms with Crippen molar-refractivity contribution in [3.8, 4) is 5.69 Å². The van der Waals surface area contributed by atoms with Crippen LogP contribution in [0.1, 0.15) is 47.5 Å². The van der Waals surface area contributed by atoms with Crippen molar-refractivity contribution in [2.24, 2.45) is 5.92 Å². The van der Waals surface area contributed by atoms with Gasteiger partial charge in [-0.3, -0.25) is 9.59 Å². The first-order valence-electron chi connectivity index (χ1n) is 10.3. The summed E-state index contributed by atoms with van der Waals surface area (Å²) < 4.78 is 1.69. The summed E-state index contributed by atoms with van der Waals surface area (Å²) in [7, 11) is 0. The predicted molar refractivity (Wildman–Crippen MR) is 119 cm³/mol. The molecular weight excluding hydrogens is 390 g/mol. The summed E-state index contributed by atoms with van der Waals surface area (Å²) in [6.45, 7) is 7.50. The molecule has 7 heteroatoms. The number of imidazole rings is 1. The van der Waals surface area contributed by atoms with Crippen molar-refractivity contribution in [2.45, 2.75) is 33.7 Å². The van der Waals surface area contributed by atoms with Crippen LogP contribution < -0.4 is 5.32 Å². The highest BCUT2D eigenvalue weighted by molar-refractivity contribution is 6.43. The first-order chi connectivity index (χ1) is 14.9. The molecule has 7 nitrogen and oxygen atoms in total. The van der Waals surface area contributed by atoms with Gasteiger partial charge in [0.15, 0.2) is 0 Å². The monoisotopic (exact) mass is 415 g/mol. The maximum atomic E-state index is 13.1. The third-order valence-corrected chi connectivity index (χ3v) is 5.38.